The zero-order valence-corrected chi connectivity index (χ0v) is 12.4. The normalized spacial score (nSPS) is 10.7. The maximum atomic E-state index is 11.6. The topological polar surface area (TPSA) is 77.3 Å². The molecular weight excluding hydrogens is 270 g/mol. The van der Waals surface area contributed by atoms with Crippen LogP contribution in [-0.2, 0) is 11.3 Å². The van der Waals surface area contributed by atoms with Gasteiger partial charge in [0.25, 0.3) is 0 Å². The number of carbonyl (C=O) groups is 1. The summed E-state index contributed by atoms with van der Waals surface area (Å²) in [6.07, 6.45) is 0.486. The fourth-order valence-corrected chi connectivity index (χ4v) is 1.80. The summed E-state index contributed by atoms with van der Waals surface area (Å²) in [5.41, 5.74) is 0.833. The lowest BCUT2D eigenvalue weighted by atomic mass is 10.1. The van der Waals surface area contributed by atoms with Crippen molar-refractivity contribution in [2.45, 2.75) is 26.8 Å². The lowest BCUT2D eigenvalue weighted by Crippen LogP contribution is -2.24. The second kappa shape index (κ2) is 6.88. The highest BCUT2D eigenvalue weighted by atomic mass is 16.5. The molecule has 0 radical (unpaired) electrons. The molecule has 0 saturated carbocycles. The van der Waals surface area contributed by atoms with Crippen LogP contribution in [0.3, 0.4) is 0 Å². The number of hydrogen-bond donors (Lipinski definition) is 1. The minimum atomic E-state index is -0.0193. The molecule has 0 atom stereocenters. The molecule has 0 unspecified atom stereocenters. The fourth-order valence-electron chi connectivity index (χ4n) is 1.80. The first-order valence-corrected chi connectivity index (χ1v) is 6.82. The molecule has 0 saturated heterocycles. The predicted molar refractivity (Wildman–Crippen MR) is 77.6 cm³/mol. The first-order valence-electron chi connectivity index (χ1n) is 6.82. The van der Waals surface area contributed by atoms with Gasteiger partial charge in [-0.05, 0) is 30.2 Å². The number of nitrogens with zero attached hydrogens (tertiary/aromatic N) is 2. The molecule has 1 heterocycles. The Hall–Kier alpha value is -2.37. The predicted octanol–water partition coefficient (Wildman–Crippen LogP) is 2.41. The van der Waals surface area contributed by atoms with E-state index in [1.165, 1.54) is 0 Å². The third-order valence-electron chi connectivity index (χ3n) is 2.85. The van der Waals surface area contributed by atoms with Gasteiger partial charge in [0, 0.05) is 12.0 Å². The van der Waals surface area contributed by atoms with Crippen molar-refractivity contribution in [3.8, 4) is 17.1 Å². The van der Waals surface area contributed by atoms with Crippen LogP contribution < -0.4 is 10.1 Å². The Bertz CT molecular complexity index is 590. The van der Waals surface area contributed by atoms with Gasteiger partial charge < -0.3 is 14.6 Å². The molecule has 0 aliphatic heterocycles. The Labute approximate surface area is 123 Å². The number of methoxy groups -OCH3 is 1. The van der Waals surface area contributed by atoms with E-state index in [1.54, 1.807) is 7.11 Å². The average molecular weight is 289 g/mol. The molecular formula is C15H19N3O3. The van der Waals surface area contributed by atoms with Crippen LogP contribution in [0.2, 0.25) is 0 Å². The number of rotatable bonds is 6. The summed E-state index contributed by atoms with van der Waals surface area (Å²) >= 11 is 0. The smallest absolute Gasteiger partial charge is 0.246 e. The maximum absolute atomic E-state index is 11.6. The standard InChI is InChI=1S/C15H19N3O3/c1-10(2)8-13(19)16-9-14-17-15(18-21-14)11-4-6-12(20-3)7-5-11/h4-7,10H,8-9H2,1-3H3,(H,16,19). The maximum Gasteiger partial charge on any atom is 0.246 e. The Balaban J connectivity index is 1.96. The second-order valence-electron chi connectivity index (χ2n) is 5.11. The molecule has 2 rings (SSSR count). The molecule has 6 heteroatoms. The molecule has 6 nitrogen and oxygen atoms in total. The first kappa shape index (κ1) is 15.0. The van der Waals surface area contributed by atoms with Gasteiger partial charge >= 0.3 is 0 Å². The van der Waals surface area contributed by atoms with Gasteiger partial charge in [-0.1, -0.05) is 19.0 Å². The van der Waals surface area contributed by atoms with Crippen molar-refractivity contribution in [1.29, 1.82) is 0 Å². The molecule has 2 aromatic rings. The largest absolute Gasteiger partial charge is 0.497 e. The van der Waals surface area contributed by atoms with Crippen molar-refractivity contribution in [3.63, 3.8) is 0 Å². The number of aromatic nitrogens is 2. The van der Waals surface area contributed by atoms with Crippen LogP contribution in [0.4, 0.5) is 0 Å². The molecule has 0 aliphatic rings. The van der Waals surface area contributed by atoms with Gasteiger partial charge in [0.2, 0.25) is 17.6 Å². The van der Waals surface area contributed by atoms with E-state index in [9.17, 15) is 4.79 Å². The SMILES string of the molecule is COc1ccc(-c2noc(CNC(=O)CC(C)C)n2)cc1. The molecule has 112 valence electrons. The van der Waals surface area contributed by atoms with Gasteiger partial charge in [-0.2, -0.15) is 4.98 Å². The number of amides is 1. The Kier molecular flexibility index (Phi) is 4.92. The average Bonchev–Trinajstić information content (AvgIpc) is 2.93. The molecule has 0 aliphatic carbocycles. The third-order valence-corrected chi connectivity index (χ3v) is 2.85. The molecule has 1 amide bonds. The number of hydrogen-bond acceptors (Lipinski definition) is 5. The number of ether oxygens (including phenoxy) is 1. The Morgan fingerprint density at radius 3 is 2.67 bits per heavy atom. The number of nitrogens with one attached hydrogen (secondary N) is 1. The summed E-state index contributed by atoms with van der Waals surface area (Å²) in [5.74, 6) is 1.95. The monoisotopic (exact) mass is 289 g/mol. The highest BCUT2D eigenvalue weighted by molar-refractivity contribution is 5.75. The van der Waals surface area contributed by atoms with E-state index < -0.39 is 0 Å². The van der Waals surface area contributed by atoms with Crippen molar-refractivity contribution in [1.82, 2.24) is 15.5 Å². The van der Waals surface area contributed by atoms with Crippen LogP contribution in [0.15, 0.2) is 28.8 Å². The summed E-state index contributed by atoms with van der Waals surface area (Å²) < 4.78 is 10.2. The van der Waals surface area contributed by atoms with Crippen molar-refractivity contribution in [3.05, 3.63) is 30.2 Å². The quantitative estimate of drug-likeness (QED) is 0.883. The van der Waals surface area contributed by atoms with Crippen molar-refractivity contribution >= 4 is 5.91 Å². The summed E-state index contributed by atoms with van der Waals surface area (Å²) in [7, 11) is 1.61. The number of carbonyl (C=O) groups excluding carboxylic acids is 1. The van der Waals surface area contributed by atoms with Crippen molar-refractivity contribution in [2.75, 3.05) is 7.11 Å². The van der Waals surface area contributed by atoms with Crippen LogP contribution in [0.25, 0.3) is 11.4 Å². The third kappa shape index (κ3) is 4.30. The van der Waals surface area contributed by atoms with E-state index in [2.05, 4.69) is 15.5 Å². The summed E-state index contributed by atoms with van der Waals surface area (Å²) in [6.45, 7) is 4.23. The van der Waals surface area contributed by atoms with Crippen LogP contribution in [-0.4, -0.2) is 23.2 Å². The highest BCUT2D eigenvalue weighted by Gasteiger charge is 2.10. The van der Waals surface area contributed by atoms with Gasteiger partial charge in [0.05, 0.1) is 13.7 Å². The number of benzene rings is 1. The minimum Gasteiger partial charge on any atom is -0.497 e. The molecule has 0 fully saturated rings. The molecule has 1 aromatic heterocycles. The lowest BCUT2D eigenvalue weighted by molar-refractivity contribution is -0.122. The van der Waals surface area contributed by atoms with Gasteiger partial charge in [0.15, 0.2) is 0 Å². The van der Waals surface area contributed by atoms with Crippen LogP contribution in [0, 0.1) is 5.92 Å². The van der Waals surface area contributed by atoms with E-state index in [-0.39, 0.29) is 12.5 Å². The van der Waals surface area contributed by atoms with Gasteiger partial charge in [-0.15, -0.1) is 0 Å². The van der Waals surface area contributed by atoms with Crippen LogP contribution in [0.5, 0.6) is 5.75 Å². The van der Waals surface area contributed by atoms with Gasteiger partial charge in [0.1, 0.15) is 5.75 Å². The fraction of sp³-hybridized carbons (Fsp3) is 0.400. The zero-order valence-electron chi connectivity index (χ0n) is 12.4. The molecule has 0 bridgehead atoms. The summed E-state index contributed by atoms with van der Waals surface area (Å²) in [5, 5.41) is 6.66. The summed E-state index contributed by atoms with van der Waals surface area (Å²) in [6, 6.07) is 7.36. The molecule has 1 N–H and O–H groups in total. The molecule has 1 aromatic carbocycles. The second-order valence-corrected chi connectivity index (χ2v) is 5.11. The minimum absolute atomic E-state index is 0.0193. The van der Waals surface area contributed by atoms with E-state index in [0.717, 1.165) is 11.3 Å². The van der Waals surface area contributed by atoms with Crippen LogP contribution in [0.1, 0.15) is 26.2 Å². The highest BCUT2D eigenvalue weighted by Crippen LogP contribution is 2.19. The first-order chi connectivity index (χ1) is 10.1. The Morgan fingerprint density at radius 2 is 2.05 bits per heavy atom. The van der Waals surface area contributed by atoms with Crippen molar-refractivity contribution < 1.29 is 14.1 Å². The van der Waals surface area contributed by atoms with Gasteiger partial charge in [-0.3, -0.25) is 4.79 Å². The van der Waals surface area contributed by atoms with Gasteiger partial charge in [-0.25, -0.2) is 0 Å². The van der Waals surface area contributed by atoms with Crippen LogP contribution >= 0.6 is 0 Å². The zero-order chi connectivity index (χ0) is 15.2. The van der Waals surface area contributed by atoms with E-state index in [1.807, 2.05) is 38.1 Å². The van der Waals surface area contributed by atoms with E-state index in [4.69, 9.17) is 9.26 Å². The summed E-state index contributed by atoms with van der Waals surface area (Å²) in [4.78, 5) is 15.8. The molecule has 21 heavy (non-hydrogen) atoms. The lowest BCUT2D eigenvalue weighted by Gasteiger charge is -2.04. The Morgan fingerprint density at radius 1 is 1.33 bits per heavy atom. The van der Waals surface area contributed by atoms with E-state index in [0.29, 0.717) is 24.1 Å². The van der Waals surface area contributed by atoms with E-state index >= 15 is 0 Å². The van der Waals surface area contributed by atoms with Crippen molar-refractivity contribution in [2.24, 2.45) is 5.92 Å². The molecule has 0 spiro atoms.